The zero-order valence-corrected chi connectivity index (χ0v) is 14.4. The van der Waals surface area contributed by atoms with Crippen LogP contribution in [0.15, 0.2) is 24.3 Å². The molecule has 2 N–H and O–H groups in total. The first-order valence-corrected chi connectivity index (χ1v) is 8.47. The van der Waals surface area contributed by atoms with E-state index in [0.717, 1.165) is 19.6 Å². The maximum absolute atomic E-state index is 13.0. The summed E-state index contributed by atoms with van der Waals surface area (Å²) < 4.78 is 18.7. The number of carbonyl (C=O) groups is 1. The molecule has 0 aromatic heterocycles. The lowest BCUT2D eigenvalue weighted by Crippen LogP contribution is -2.49. The summed E-state index contributed by atoms with van der Waals surface area (Å²) in [4.78, 5) is 14.7. The first-order chi connectivity index (χ1) is 11.5. The molecule has 1 aromatic carbocycles. The van der Waals surface area contributed by atoms with Crippen LogP contribution in [0.25, 0.3) is 0 Å². The fourth-order valence-corrected chi connectivity index (χ4v) is 2.96. The van der Waals surface area contributed by atoms with Crippen molar-refractivity contribution in [1.29, 1.82) is 0 Å². The Kier molecular flexibility index (Phi) is 7.15. The lowest BCUT2D eigenvalue weighted by atomic mass is 9.99. The van der Waals surface area contributed by atoms with Gasteiger partial charge < -0.3 is 15.2 Å². The fraction of sp³-hybridized carbons (Fsp3) is 0.611. The van der Waals surface area contributed by atoms with Crippen LogP contribution in [0.5, 0.6) is 0 Å². The van der Waals surface area contributed by atoms with Gasteiger partial charge in [-0.3, -0.25) is 9.69 Å². The molecule has 1 heterocycles. The molecule has 2 rings (SSSR count). The topological polar surface area (TPSA) is 61.8 Å². The van der Waals surface area contributed by atoms with Crippen LogP contribution in [0.1, 0.15) is 25.3 Å². The zero-order valence-electron chi connectivity index (χ0n) is 14.4. The Morgan fingerprint density at radius 1 is 1.42 bits per heavy atom. The molecule has 134 valence electrons. The lowest BCUT2D eigenvalue weighted by Gasteiger charge is -2.34. The third-order valence-electron chi connectivity index (χ3n) is 4.12. The second-order valence-electron chi connectivity index (χ2n) is 6.68. The minimum atomic E-state index is -0.694. The summed E-state index contributed by atoms with van der Waals surface area (Å²) in [5.74, 6) is -0.734. The summed E-state index contributed by atoms with van der Waals surface area (Å²) in [5, 5.41) is 12.3. The average molecular weight is 338 g/mol. The Balaban J connectivity index is 1.85. The maximum atomic E-state index is 13.0. The van der Waals surface area contributed by atoms with Gasteiger partial charge in [-0.2, -0.15) is 0 Å². The molecule has 2 atom stereocenters. The van der Waals surface area contributed by atoms with Crippen molar-refractivity contribution in [3.8, 4) is 0 Å². The number of halogens is 1. The summed E-state index contributed by atoms with van der Waals surface area (Å²) in [6, 6.07) is 5.63. The van der Waals surface area contributed by atoms with Gasteiger partial charge in [0, 0.05) is 26.2 Å². The maximum Gasteiger partial charge on any atom is 0.229 e. The van der Waals surface area contributed by atoms with Gasteiger partial charge >= 0.3 is 0 Å². The largest absolute Gasteiger partial charge is 0.395 e. The number of aliphatic hydroxyl groups excluding tert-OH is 1. The number of ether oxygens (including phenoxy) is 1. The number of nitrogens with zero attached hydrogens (tertiary/aromatic N) is 1. The highest BCUT2D eigenvalue weighted by Gasteiger charge is 2.24. The highest BCUT2D eigenvalue weighted by molar-refractivity contribution is 5.83. The number of rotatable bonds is 7. The summed E-state index contributed by atoms with van der Waals surface area (Å²) in [6.45, 7) is 7.84. The van der Waals surface area contributed by atoms with Crippen LogP contribution in [0.2, 0.25) is 0 Å². The van der Waals surface area contributed by atoms with Gasteiger partial charge in [0.05, 0.1) is 25.2 Å². The van der Waals surface area contributed by atoms with Crippen molar-refractivity contribution < 1.29 is 19.0 Å². The Morgan fingerprint density at radius 3 is 2.75 bits per heavy atom. The van der Waals surface area contributed by atoms with Crippen molar-refractivity contribution in [3.63, 3.8) is 0 Å². The zero-order chi connectivity index (χ0) is 17.5. The average Bonchev–Trinajstić information content (AvgIpc) is 2.55. The molecule has 0 saturated carbocycles. The molecule has 0 bridgehead atoms. The number of carbonyl (C=O) groups excluding carboxylic acids is 1. The van der Waals surface area contributed by atoms with E-state index in [1.807, 2.05) is 0 Å². The van der Waals surface area contributed by atoms with Gasteiger partial charge in [0.25, 0.3) is 0 Å². The molecule has 1 saturated heterocycles. The molecule has 6 heteroatoms. The van der Waals surface area contributed by atoms with Crippen molar-refractivity contribution >= 4 is 5.91 Å². The minimum absolute atomic E-state index is 0.0472. The van der Waals surface area contributed by atoms with Gasteiger partial charge in [0.2, 0.25) is 5.91 Å². The quantitative estimate of drug-likeness (QED) is 0.788. The van der Waals surface area contributed by atoms with Gasteiger partial charge in [-0.1, -0.05) is 26.0 Å². The predicted molar refractivity (Wildman–Crippen MR) is 90.3 cm³/mol. The van der Waals surface area contributed by atoms with E-state index in [4.69, 9.17) is 4.74 Å². The van der Waals surface area contributed by atoms with Gasteiger partial charge in [0.15, 0.2) is 0 Å². The van der Waals surface area contributed by atoms with E-state index in [1.54, 1.807) is 0 Å². The predicted octanol–water partition coefficient (Wildman–Crippen LogP) is 1.37. The van der Waals surface area contributed by atoms with E-state index < -0.39 is 5.92 Å². The molecule has 1 fully saturated rings. The molecular weight excluding hydrogens is 311 g/mol. The number of hydrogen-bond donors (Lipinski definition) is 2. The summed E-state index contributed by atoms with van der Waals surface area (Å²) >= 11 is 0. The van der Waals surface area contributed by atoms with E-state index in [2.05, 4.69) is 24.1 Å². The van der Waals surface area contributed by atoms with Crippen LogP contribution in [-0.4, -0.2) is 61.4 Å². The Bertz CT molecular complexity index is 522. The van der Waals surface area contributed by atoms with Crippen LogP contribution < -0.4 is 5.32 Å². The molecule has 5 nitrogen and oxygen atoms in total. The van der Waals surface area contributed by atoms with Gasteiger partial charge in [-0.05, 0) is 23.6 Å². The van der Waals surface area contributed by atoms with Gasteiger partial charge in [-0.15, -0.1) is 0 Å². The lowest BCUT2D eigenvalue weighted by molar-refractivity contribution is -0.124. The van der Waals surface area contributed by atoms with Crippen LogP contribution in [0.3, 0.4) is 0 Å². The minimum Gasteiger partial charge on any atom is -0.395 e. The highest BCUT2D eigenvalue weighted by atomic mass is 19.1. The second-order valence-corrected chi connectivity index (χ2v) is 6.68. The van der Waals surface area contributed by atoms with Crippen molar-refractivity contribution in [1.82, 2.24) is 10.2 Å². The molecule has 0 radical (unpaired) electrons. The number of benzene rings is 1. The molecule has 0 aliphatic carbocycles. The van der Waals surface area contributed by atoms with Gasteiger partial charge in [0.1, 0.15) is 5.82 Å². The third-order valence-corrected chi connectivity index (χ3v) is 4.12. The Morgan fingerprint density at radius 2 is 2.12 bits per heavy atom. The summed E-state index contributed by atoms with van der Waals surface area (Å²) in [7, 11) is 0. The fourth-order valence-electron chi connectivity index (χ4n) is 2.96. The van der Waals surface area contributed by atoms with E-state index in [0.29, 0.717) is 24.6 Å². The van der Waals surface area contributed by atoms with E-state index in [9.17, 15) is 14.3 Å². The van der Waals surface area contributed by atoms with Gasteiger partial charge in [-0.25, -0.2) is 4.39 Å². The smallest absolute Gasteiger partial charge is 0.229 e. The molecule has 24 heavy (non-hydrogen) atoms. The SMILES string of the molecule is CC(C)CN1CCO[C@H](CNC(=O)[C@@H](CO)c2ccc(F)cc2)C1. The molecule has 0 unspecified atom stereocenters. The van der Waals surface area contributed by atoms with Crippen molar-refractivity contribution in [2.24, 2.45) is 5.92 Å². The molecule has 1 aliphatic heterocycles. The standard InChI is InChI=1S/C18H27FN2O3/c1-13(2)10-21-7-8-24-16(11-21)9-20-18(23)17(12-22)14-3-5-15(19)6-4-14/h3-6,13,16-17,22H,7-12H2,1-2H3,(H,20,23)/t16-,17+/m1/s1. The summed E-state index contributed by atoms with van der Waals surface area (Å²) in [5.41, 5.74) is 0.599. The molecular formula is C18H27FN2O3. The van der Waals surface area contributed by atoms with Crippen LogP contribution in [0.4, 0.5) is 4.39 Å². The summed E-state index contributed by atoms with van der Waals surface area (Å²) in [6.07, 6.45) is -0.0472. The Labute approximate surface area is 142 Å². The number of aliphatic hydroxyl groups is 1. The number of morpholine rings is 1. The first kappa shape index (κ1) is 18.8. The van der Waals surface area contributed by atoms with Crippen molar-refractivity contribution in [3.05, 3.63) is 35.6 Å². The molecule has 1 aromatic rings. The monoisotopic (exact) mass is 338 g/mol. The number of amides is 1. The Hall–Kier alpha value is -1.50. The van der Waals surface area contributed by atoms with E-state index in [1.165, 1.54) is 24.3 Å². The number of hydrogen-bond acceptors (Lipinski definition) is 4. The van der Waals surface area contributed by atoms with E-state index >= 15 is 0 Å². The van der Waals surface area contributed by atoms with Crippen molar-refractivity contribution in [2.75, 3.05) is 39.4 Å². The highest BCUT2D eigenvalue weighted by Crippen LogP contribution is 2.16. The molecule has 1 aliphatic rings. The van der Waals surface area contributed by atoms with E-state index in [-0.39, 0.29) is 24.4 Å². The number of nitrogens with one attached hydrogen (secondary N) is 1. The van der Waals surface area contributed by atoms with Crippen molar-refractivity contribution in [2.45, 2.75) is 25.9 Å². The van der Waals surface area contributed by atoms with Crippen LogP contribution >= 0.6 is 0 Å². The van der Waals surface area contributed by atoms with Crippen LogP contribution in [0, 0.1) is 11.7 Å². The first-order valence-electron chi connectivity index (χ1n) is 8.47. The third kappa shape index (κ3) is 5.54. The second kappa shape index (κ2) is 9.11. The molecule has 1 amide bonds. The van der Waals surface area contributed by atoms with Crippen LogP contribution in [-0.2, 0) is 9.53 Å². The normalized spacial score (nSPS) is 20.1. The molecule has 0 spiro atoms.